The van der Waals surface area contributed by atoms with Crippen LogP contribution in [0.4, 0.5) is 5.69 Å². The Morgan fingerprint density at radius 1 is 1.00 bits per heavy atom. The number of allylic oxidation sites excluding steroid dienone is 1. The number of carbonyl (C=O) groups is 1. The van der Waals surface area contributed by atoms with E-state index < -0.39 is 0 Å². The van der Waals surface area contributed by atoms with Gasteiger partial charge in [0.1, 0.15) is 5.75 Å². The van der Waals surface area contributed by atoms with Gasteiger partial charge in [-0.25, -0.2) is 0 Å². The van der Waals surface area contributed by atoms with Gasteiger partial charge >= 0.3 is 0 Å². The van der Waals surface area contributed by atoms with E-state index in [1.165, 1.54) is 0 Å². The number of rotatable bonds is 12. The van der Waals surface area contributed by atoms with E-state index in [0.29, 0.717) is 12.1 Å². The number of nitrogens with zero attached hydrogens (tertiary/aromatic N) is 2. The number of phenolic OH excluding ortho intramolecular Hbond substituents is 1. The number of benzene rings is 2. The molecule has 0 amide bonds. The second-order valence-corrected chi connectivity index (χ2v) is 8.07. The molecule has 1 N–H and O–H groups in total. The van der Waals surface area contributed by atoms with Crippen molar-refractivity contribution < 1.29 is 9.90 Å². The van der Waals surface area contributed by atoms with Crippen molar-refractivity contribution in [1.82, 2.24) is 4.90 Å². The fourth-order valence-electron chi connectivity index (χ4n) is 3.37. The highest BCUT2D eigenvalue weighted by Crippen LogP contribution is 2.22. The molecule has 0 unspecified atom stereocenters. The van der Waals surface area contributed by atoms with Crippen LogP contribution in [-0.4, -0.2) is 43.0 Å². The summed E-state index contributed by atoms with van der Waals surface area (Å²) in [6.07, 6.45) is 8.06. The number of phenols is 1. The van der Waals surface area contributed by atoms with E-state index in [1.807, 2.05) is 55.4 Å². The molecule has 0 spiro atoms. The van der Waals surface area contributed by atoms with E-state index in [9.17, 15) is 9.90 Å². The summed E-state index contributed by atoms with van der Waals surface area (Å²) >= 11 is 0. The molecule has 0 aliphatic heterocycles. The number of carbonyl (C=O) groups excluding carboxylic acids is 1. The third kappa shape index (κ3) is 7.34. The molecule has 0 aliphatic rings. The molecule has 0 aliphatic carbocycles. The quantitative estimate of drug-likeness (QED) is 0.358. The van der Waals surface area contributed by atoms with Gasteiger partial charge < -0.3 is 14.9 Å². The minimum absolute atomic E-state index is 0.00924. The predicted octanol–water partition coefficient (Wildman–Crippen LogP) is 5.76. The highest BCUT2D eigenvalue weighted by molar-refractivity contribution is 6.07. The van der Waals surface area contributed by atoms with Crippen LogP contribution in [0.15, 0.2) is 48.5 Å². The first-order valence-electron chi connectivity index (χ1n) is 11.0. The van der Waals surface area contributed by atoms with Crippen LogP contribution in [0.1, 0.15) is 61.0 Å². The van der Waals surface area contributed by atoms with Gasteiger partial charge in [-0.2, -0.15) is 0 Å². The van der Waals surface area contributed by atoms with Crippen molar-refractivity contribution in [2.24, 2.45) is 0 Å². The van der Waals surface area contributed by atoms with Gasteiger partial charge in [0.2, 0.25) is 0 Å². The SMILES string of the molecule is CCCCN(CCCC)c1cccc(C(=O)C=Cc2ccc(O)c(CN(C)C)c2)c1. The average Bonchev–Trinajstić information content (AvgIpc) is 2.74. The van der Waals surface area contributed by atoms with E-state index in [2.05, 4.69) is 24.8 Å². The first-order chi connectivity index (χ1) is 14.4. The molecule has 0 radical (unpaired) electrons. The molecule has 0 saturated heterocycles. The smallest absolute Gasteiger partial charge is 0.185 e. The molecule has 2 rings (SSSR count). The van der Waals surface area contributed by atoms with Crippen LogP contribution in [0.3, 0.4) is 0 Å². The molecule has 0 fully saturated rings. The highest BCUT2D eigenvalue weighted by atomic mass is 16.3. The minimum Gasteiger partial charge on any atom is -0.508 e. The van der Waals surface area contributed by atoms with Crippen LogP contribution >= 0.6 is 0 Å². The summed E-state index contributed by atoms with van der Waals surface area (Å²) < 4.78 is 0. The van der Waals surface area contributed by atoms with Crippen molar-refractivity contribution >= 4 is 17.5 Å². The van der Waals surface area contributed by atoms with Crippen LogP contribution in [0.2, 0.25) is 0 Å². The Morgan fingerprint density at radius 2 is 1.70 bits per heavy atom. The Labute approximate surface area is 181 Å². The molecular formula is C26H36N2O2. The third-order valence-electron chi connectivity index (χ3n) is 5.08. The number of anilines is 1. The van der Waals surface area contributed by atoms with Gasteiger partial charge in [0.05, 0.1) is 0 Å². The molecule has 0 atom stereocenters. The lowest BCUT2D eigenvalue weighted by atomic mass is 10.1. The van der Waals surface area contributed by atoms with Crippen molar-refractivity contribution in [2.75, 3.05) is 32.1 Å². The molecule has 0 bridgehead atoms. The van der Waals surface area contributed by atoms with Crippen molar-refractivity contribution in [1.29, 1.82) is 0 Å². The predicted molar refractivity (Wildman–Crippen MR) is 127 cm³/mol. The number of hydrogen-bond donors (Lipinski definition) is 1. The van der Waals surface area contributed by atoms with E-state index in [-0.39, 0.29) is 11.5 Å². The lowest BCUT2D eigenvalue weighted by Gasteiger charge is -2.25. The van der Waals surface area contributed by atoms with E-state index in [4.69, 9.17) is 0 Å². The minimum atomic E-state index is -0.00924. The summed E-state index contributed by atoms with van der Waals surface area (Å²) in [5.74, 6) is 0.268. The van der Waals surface area contributed by atoms with E-state index in [1.54, 1.807) is 12.1 Å². The summed E-state index contributed by atoms with van der Waals surface area (Å²) in [4.78, 5) is 17.2. The fraction of sp³-hybridized carbons (Fsp3) is 0.423. The summed E-state index contributed by atoms with van der Waals surface area (Å²) in [5, 5.41) is 10.0. The first-order valence-corrected chi connectivity index (χ1v) is 11.0. The second kappa shape index (κ2) is 12.2. The molecule has 30 heavy (non-hydrogen) atoms. The van der Waals surface area contributed by atoms with Crippen LogP contribution in [-0.2, 0) is 6.54 Å². The lowest BCUT2D eigenvalue weighted by molar-refractivity contribution is 0.104. The third-order valence-corrected chi connectivity index (χ3v) is 5.08. The number of ketones is 1. The summed E-state index contributed by atoms with van der Waals surface area (Å²) in [6, 6.07) is 13.4. The Balaban J connectivity index is 2.16. The molecule has 0 saturated carbocycles. The Kier molecular flexibility index (Phi) is 9.62. The standard InChI is InChI=1S/C26H36N2O2/c1-5-7-16-28(17-8-6-2)24-11-9-10-22(19-24)25(29)14-12-21-13-15-26(30)23(18-21)20-27(3)4/h9-15,18-19,30H,5-8,16-17,20H2,1-4H3. The topological polar surface area (TPSA) is 43.8 Å². The molecule has 2 aromatic rings. The molecule has 4 nitrogen and oxygen atoms in total. The zero-order valence-electron chi connectivity index (χ0n) is 18.9. The number of unbranched alkanes of at least 4 members (excludes halogenated alkanes) is 2. The molecule has 4 heteroatoms. The Bertz CT molecular complexity index is 835. The number of aromatic hydroxyl groups is 1. The average molecular weight is 409 g/mol. The largest absolute Gasteiger partial charge is 0.508 e. The Hall–Kier alpha value is -2.59. The Morgan fingerprint density at radius 3 is 2.33 bits per heavy atom. The lowest BCUT2D eigenvalue weighted by Crippen LogP contribution is -2.25. The first kappa shape index (κ1) is 23.7. The van der Waals surface area contributed by atoms with Crippen LogP contribution < -0.4 is 4.90 Å². The molecular weight excluding hydrogens is 372 g/mol. The van der Waals surface area contributed by atoms with Crippen molar-refractivity contribution in [2.45, 2.75) is 46.1 Å². The maximum atomic E-state index is 12.8. The van der Waals surface area contributed by atoms with Crippen molar-refractivity contribution in [3.63, 3.8) is 0 Å². The highest BCUT2D eigenvalue weighted by Gasteiger charge is 2.09. The van der Waals surface area contributed by atoms with Gasteiger partial charge in [-0.15, -0.1) is 0 Å². The van der Waals surface area contributed by atoms with Gasteiger partial charge in [-0.1, -0.05) is 51.0 Å². The number of hydrogen-bond acceptors (Lipinski definition) is 4. The van der Waals surface area contributed by atoms with Crippen molar-refractivity contribution in [3.05, 3.63) is 65.2 Å². The van der Waals surface area contributed by atoms with Gasteiger partial charge in [0.25, 0.3) is 0 Å². The van der Waals surface area contributed by atoms with E-state index in [0.717, 1.165) is 55.6 Å². The second-order valence-electron chi connectivity index (χ2n) is 8.07. The van der Waals surface area contributed by atoms with Gasteiger partial charge in [-0.05, 0) is 62.8 Å². The molecule has 162 valence electrons. The summed E-state index contributed by atoms with van der Waals surface area (Å²) in [5.41, 5.74) is 3.57. The zero-order chi connectivity index (χ0) is 21.9. The van der Waals surface area contributed by atoms with E-state index >= 15 is 0 Å². The normalized spacial score (nSPS) is 11.4. The zero-order valence-corrected chi connectivity index (χ0v) is 18.9. The van der Waals surface area contributed by atoms with Crippen LogP contribution in [0, 0.1) is 0 Å². The maximum Gasteiger partial charge on any atom is 0.185 e. The molecule has 2 aromatic carbocycles. The molecule has 0 heterocycles. The fourth-order valence-corrected chi connectivity index (χ4v) is 3.37. The summed E-state index contributed by atoms with van der Waals surface area (Å²) in [6.45, 7) is 7.10. The van der Waals surface area contributed by atoms with Crippen molar-refractivity contribution in [3.8, 4) is 5.75 Å². The van der Waals surface area contributed by atoms with Crippen LogP contribution in [0.5, 0.6) is 5.75 Å². The monoisotopic (exact) mass is 408 g/mol. The maximum absolute atomic E-state index is 12.8. The summed E-state index contributed by atoms with van der Waals surface area (Å²) in [7, 11) is 3.92. The van der Waals surface area contributed by atoms with Gasteiger partial charge in [0.15, 0.2) is 5.78 Å². The molecule has 0 aromatic heterocycles. The van der Waals surface area contributed by atoms with Gasteiger partial charge in [0, 0.05) is 36.4 Å². The van der Waals surface area contributed by atoms with Gasteiger partial charge in [-0.3, -0.25) is 4.79 Å². The van der Waals surface area contributed by atoms with Crippen LogP contribution in [0.25, 0.3) is 6.08 Å².